The van der Waals surface area contributed by atoms with Gasteiger partial charge in [0.25, 0.3) is 0 Å². The number of rotatable bonds is 7. The summed E-state index contributed by atoms with van der Waals surface area (Å²) in [5.74, 6) is 0.559. The van der Waals surface area contributed by atoms with Gasteiger partial charge in [0.1, 0.15) is 5.75 Å². The summed E-state index contributed by atoms with van der Waals surface area (Å²) < 4.78 is 5.22. The molecule has 0 radical (unpaired) electrons. The molecule has 1 saturated carbocycles. The lowest BCUT2D eigenvalue weighted by Crippen LogP contribution is -2.30. The zero-order valence-corrected chi connectivity index (χ0v) is 18.0. The molecule has 7 nitrogen and oxygen atoms in total. The Morgan fingerprint density at radius 3 is 2.79 bits per heavy atom. The topological polar surface area (TPSA) is 95.5 Å². The van der Waals surface area contributed by atoms with Gasteiger partial charge >= 0.3 is 6.03 Å². The van der Waals surface area contributed by atoms with Crippen molar-refractivity contribution in [1.29, 1.82) is 0 Å². The molecule has 0 atom stereocenters. The van der Waals surface area contributed by atoms with Crippen LogP contribution in [0.15, 0.2) is 18.2 Å². The number of thiazole rings is 1. The number of amides is 2. The van der Waals surface area contributed by atoms with Crippen LogP contribution in [0.3, 0.4) is 0 Å². The Morgan fingerprint density at radius 2 is 2.07 bits per heavy atom. The van der Waals surface area contributed by atoms with Crippen LogP contribution in [0.1, 0.15) is 43.4 Å². The van der Waals surface area contributed by atoms with E-state index in [0.717, 1.165) is 22.9 Å². The number of halogens is 1. The normalized spacial score (nSPS) is 14.8. The molecule has 2 aromatic rings. The molecule has 0 aliphatic heterocycles. The average molecular weight is 439 g/mol. The predicted molar refractivity (Wildman–Crippen MR) is 118 cm³/mol. The standard InChI is InChI=1S/C20H27ClN4O3S/c1-28-16-9-8-13(21)12-15(16)24-19(27)22-11-10-17-18(26)25-20(29-17)23-14-6-4-2-3-5-7-14/h8-9,12,14,26H,2-7,10-11H2,1H3,(H,23,25)(H2,22,24,27). The molecule has 0 bridgehead atoms. The summed E-state index contributed by atoms with van der Waals surface area (Å²) in [5, 5.41) is 20.3. The van der Waals surface area contributed by atoms with Crippen LogP contribution in [-0.2, 0) is 6.42 Å². The highest BCUT2D eigenvalue weighted by Crippen LogP contribution is 2.31. The number of aromatic nitrogens is 1. The van der Waals surface area contributed by atoms with E-state index >= 15 is 0 Å². The molecule has 158 valence electrons. The minimum atomic E-state index is -0.369. The number of hydrogen-bond donors (Lipinski definition) is 4. The number of nitrogens with one attached hydrogen (secondary N) is 3. The Morgan fingerprint density at radius 1 is 1.31 bits per heavy atom. The Labute approximate surface area is 179 Å². The van der Waals surface area contributed by atoms with Crippen molar-refractivity contribution in [3.8, 4) is 11.6 Å². The van der Waals surface area contributed by atoms with E-state index in [1.807, 2.05) is 0 Å². The van der Waals surface area contributed by atoms with Crippen molar-refractivity contribution in [2.24, 2.45) is 0 Å². The first kappa shape index (κ1) is 21.5. The zero-order valence-electron chi connectivity index (χ0n) is 16.5. The van der Waals surface area contributed by atoms with Crippen molar-refractivity contribution in [2.75, 3.05) is 24.3 Å². The number of hydrogen-bond acceptors (Lipinski definition) is 6. The third-order valence-electron chi connectivity index (χ3n) is 4.91. The van der Waals surface area contributed by atoms with Gasteiger partial charge in [-0.15, -0.1) is 0 Å². The highest BCUT2D eigenvalue weighted by Gasteiger charge is 2.16. The van der Waals surface area contributed by atoms with Crippen molar-refractivity contribution in [3.63, 3.8) is 0 Å². The number of carbonyl (C=O) groups excluding carboxylic acids is 1. The van der Waals surface area contributed by atoms with Crippen LogP contribution >= 0.6 is 22.9 Å². The minimum absolute atomic E-state index is 0.0323. The van der Waals surface area contributed by atoms with Crippen molar-refractivity contribution in [1.82, 2.24) is 10.3 Å². The maximum absolute atomic E-state index is 12.2. The van der Waals surface area contributed by atoms with Crippen LogP contribution < -0.4 is 20.7 Å². The molecule has 0 unspecified atom stereocenters. The van der Waals surface area contributed by atoms with E-state index in [4.69, 9.17) is 16.3 Å². The molecular weight excluding hydrogens is 412 g/mol. The second kappa shape index (κ2) is 10.5. The van der Waals surface area contributed by atoms with Crippen molar-refractivity contribution in [2.45, 2.75) is 51.0 Å². The number of carbonyl (C=O) groups is 1. The van der Waals surface area contributed by atoms with Gasteiger partial charge in [-0.2, -0.15) is 4.98 Å². The van der Waals surface area contributed by atoms with E-state index in [1.165, 1.54) is 44.1 Å². The highest BCUT2D eigenvalue weighted by atomic mass is 35.5. The SMILES string of the molecule is COc1ccc(Cl)cc1NC(=O)NCCc1sc(NC2CCCCCC2)nc1O. The molecule has 1 aliphatic carbocycles. The summed E-state index contributed by atoms with van der Waals surface area (Å²) in [5.41, 5.74) is 0.494. The van der Waals surface area contributed by atoms with Crippen LogP contribution in [0.2, 0.25) is 5.02 Å². The second-order valence-electron chi connectivity index (χ2n) is 7.07. The lowest BCUT2D eigenvalue weighted by molar-refractivity contribution is 0.252. The Hall–Kier alpha value is -2.19. The molecule has 4 N–H and O–H groups in total. The molecule has 1 aromatic heterocycles. The van der Waals surface area contributed by atoms with Gasteiger partial charge in [-0.1, -0.05) is 48.6 Å². The summed E-state index contributed by atoms with van der Waals surface area (Å²) in [6.45, 7) is 0.368. The van der Waals surface area contributed by atoms with E-state index in [-0.39, 0.29) is 11.9 Å². The van der Waals surface area contributed by atoms with E-state index < -0.39 is 0 Å². The van der Waals surface area contributed by atoms with Crippen LogP contribution in [0, 0.1) is 0 Å². The van der Waals surface area contributed by atoms with Gasteiger partial charge in [0.05, 0.1) is 17.7 Å². The second-order valence-corrected chi connectivity index (χ2v) is 8.59. The van der Waals surface area contributed by atoms with Gasteiger partial charge in [-0.25, -0.2) is 4.79 Å². The summed E-state index contributed by atoms with van der Waals surface area (Å²) in [7, 11) is 1.53. The van der Waals surface area contributed by atoms with E-state index in [1.54, 1.807) is 18.2 Å². The molecule has 0 saturated heterocycles. The Bertz CT molecular complexity index is 822. The summed E-state index contributed by atoms with van der Waals surface area (Å²) in [4.78, 5) is 17.1. The first-order chi connectivity index (χ1) is 14.0. The third kappa shape index (κ3) is 6.40. The van der Waals surface area contributed by atoms with Crippen molar-refractivity contribution < 1.29 is 14.6 Å². The molecule has 3 rings (SSSR count). The Kier molecular flexibility index (Phi) is 7.83. The smallest absolute Gasteiger partial charge is 0.319 e. The number of methoxy groups -OCH3 is 1. The summed E-state index contributed by atoms with van der Waals surface area (Å²) in [6, 6.07) is 5.06. The number of aromatic hydroxyl groups is 1. The van der Waals surface area contributed by atoms with E-state index in [2.05, 4.69) is 20.9 Å². The maximum Gasteiger partial charge on any atom is 0.319 e. The Balaban J connectivity index is 1.48. The number of benzene rings is 1. The molecule has 2 amide bonds. The molecule has 1 aromatic carbocycles. The molecule has 0 spiro atoms. The van der Waals surface area contributed by atoms with E-state index in [0.29, 0.717) is 35.5 Å². The van der Waals surface area contributed by atoms with Crippen LogP contribution in [0.4, 0.5) is 15.6 Å². The van der Waals surface area contributed by atoms with E-state index in [9.17, 15) is 9.90 Å². The van der Waals surface area contributed by atoms with Crippen molar-refractivity contribution in [3.05, 3.63) is 28.1 Å². The van der Waals surface area contributed by atoms with Gasteiger partial charge in [0, 0.05) is 24.0 Å². The maximum atomic E-state index is 12.2. The number of urea groups is 1. The van der Waals surface area contributed by atoms with Crippen LogP contribution in [-0.4, -0.2) is 35.8 Å². The quantitative estimate of drug-likeness (QED) is 0.456. The summed E-state index contributed by atoms with van der Waals surface area (Å²) in [6.07, 6.45) is 7.84. The van der Waals surface area contributed by atoms with Gasteiger partial charge in [0.15, 0.2) is 5.13 Å². The van der Waals surface area contributed by atoms with Gasteiger partial charge in [-0.3, -0.25) is 0 Å². The molecule has 1 heterocycles. The number of ether oxygens (including phenoxy) is 1. The van der Waals surface area contributed by atoms with Crippen LogP contribution in [0.25, 0.3) is 0 Å². The van der Waals surface area contributed by atoms with Gasteiger partial charge in [-0.05, 0) is 31.0 Å². The molecule has 29 heavy (non-hydrogen) atoms. The monoisotopic (exact) mass is 438 g/mol. The first-order valence-corrected chi connectivity index (χ1v) is 11.1. The third-order valence-corrected chi connectivity index (χ3v) is 6.18. The van der Waals surface area contributed by atoms with Gasteiger partial charge < -0.3 is 25.8 Å². The largest absolute Gasteiger partial charge is 0.495 e. The minimum Gasteiger partial charge on any atom is -0.495 e. The number of anilines is 2. The fourth-order valence-electron chi connectivity index (χ4n) is 3.40. The van der Waals surface area contributed by atoms with Crippen molar-refractivity contribution >= 4 is 39.8 Å². The average Bonchev–Trinajstić information content (AvgIpc) is 2.87. The lowest BCUT2D eigenvalue weighted by Gasteiger charge is -2.14. The highest BCUT2D eigenvalue weighted by molar-refractivity contribution is 7.15. The fraction of sp³-hybridized carbons (Fsp3) is 0.500. The van der Waals surface area contributed by atoms with Gasteiger partial charge in [0.2, 0.25) is 5.88 Å². The molecule has 1 aliphatic rings. The summed E-state index contributed by atoms with van der Waals surface area (Å²) >= 11 is 7.42. The molecular formula is C20H27ClN4O3S. The zero-order chi connectivity index (χ0) is 20.6. The lowest BCUT2D eigenvalue weighted by atomic mass is 10.1. The van der Waals surface area contributed by atoms with Crippen LogP contribution in [0.5, 0.6) is 11.6 Å². The fourth-order valence-corrected chi connectivity index (χ4v) is 4.50. The predicted octanol–water partition coefficient (Wildman–Crippen LogP) is 5.01. The number of nitrogens with zero attached hydrogens (tertiary/aromatic N) is 1. The first-order valence-electron chi connectivity index (χ1n) is 9.88. The molecule has 9 heteroatoms. The molecule has 1 fully saturated rings.